The van der Waals surface area contributed by atoms with Crippen LogP contribution in [0, 0.1) is 6.92 Å². The lowest BCUT2D eigenvalue weighted by atomic mass is 10.0. The molecule has 0 saturated heterocycles. The van der Waals surface area contributed by atoms with Crippen molar-refractivity contribution in [1.82, 2.24) is 20.3 Å². The molecule has 2 heterocycles. The third-order valence-electron chi connectivity index (χ3n) is 4.59. The number of H-pyrrole nitrogens is 1. The average molecular weight is 356 g/mol. The zero-order chi connectivity index (χ0) is 18.8. The quantitative estimate of drug-likeness (QED) is 0.568. The number of pyridine rings is 1. The molecular weight excluding hydrogens is 336 g/mol. The molecule has 5 nitrogen and oxygen atoms in total. The van der Waals surface area contributed by atoms with E-state index >= 15 is 0 Å². The van der Waals surface area contributed by atoms with Crippen LogP contribution in [0.1, 0.15) is 34.7 Å². The highest BCUT2D eigenvalue weighted by atomic mass is 16.1. The molecule has 5 heteroatoms. The van der Waals surface area contributed by atoms with E-state index in [0.717, 1.165) is 28.0 Å². The zero-order valence-corrected chi connectivity index (χ0v) is 15.2. The number of amides is 1. The molecular formula is C22H20N4O. The average Bonchev–Trinajstić information content (AvgIpc) is 3.22. The van der Waals surface area contributed by atoms with Gasteiger partial charge in [-0.2, -0.15) is 0 Å². The van der Waals surface area contributed by atoms with Crippen LogP contribution < -0.4 is 5.32 Å². The standard InChI is InChI=1S/C22H20N4O/c1-14-7-9-16(10-8-14)20-13-18(17-5-3-4-6-19(17)26-20)22(27)25-15(2)21-23-11-12-24-21/h3-13,15H,1-2H3,(H,23,24)(H,25,27). The summed E-state index contributed by atoms with van der Waals surface area (Å²) < 4.78 is 0. The summed E-state index contributed by atoms with van der Waals surface area (Å²) in [6.07, 6.45) is 3.42. The van der Waals surface area contributed by atoms with Gasteiger partial charge in [0, 0.05) is 23.3 Å². The van der Waals surface area contributed by atoms with E-state index < -0.39 is 0 Å². The lowest BCUT2D eigenvalue weighted by molar-refractivity contribution is 0.0940. The number of hydrogen-bond acceptors (Lipinski definition) is 3. The van der Waals surface area contributed by atoms with E-state index in [1.165, 1.54) is 5.56 Å². The Morgan fingerprint density at radius 3 is 2.63 bits per heavy atom. The van der Waals surface area contributed by atoms with Crippen LogP contribution >= 0.6 is 0 Å². The summed E-state index contributed by atoms with van der Waals surface area (Å²) >= 11 is 0. The Kier molecular flexibility index (Phi) is 4.42. The number of aryl methyl sites for hydroxylation is 1. The number of para-hydroxylation sites is 1. The van der Waals surface area contributed by atoms with Crippen molar-refractivity contribution in [3.63, 3.8) is 0 Å². The Morgan fingerprint density at radius 1 is 1.11 bits per heavy atom. The Morgan fingerprint density at radius 2 is 1.89 bits per heavy atom. The molecule has 1 atom stereocenters. The maximum absolute atomic E-state index is 13.0. The molecule has 0 spiro atoms. The van der Waals surface area contributed by atoms with Gasteiger partial charge >= 0.3 is 0 Å². The second-order valence-electron chi connectivity index (χ2n) is 6.61. The highest BCUT2D eigenvalue weighted by Crippen LogP contribution is 2.25. The van der Waals surface area contributed by atoms with Gasteiger partial charge in [-0.25, -0.2) is 9.97 Å². The number of benzene rings is 2. The fraction of sp³-hybridized carbons (Fsp3) is 0.136. The first-order chi connectivity index (χ1) is 13.1. The van der Waals surface area contributed by atoms with Crippen molar-refractivity contribution in [2.75, 3.05) is 0 Å². The number of carbonyl (C=O) groups excluding carboxylic acids is 1. The van der Waals surface area contributed by atoms with Crippen molar-refractivity contribution in [2.45, 2.75) is 19.9 Å². The Hall–Kier alpha value is -3.47. The second kappa shape index (κ2) is 7.03. The van der Waals surface area contributed by atoms with Crippen molar-refractivity contribution < 1.29 is 4.79 Å². The molecule has 0 radical (unpaired) electrons. The van der Waals surface area contributed by atoms with Crippen LogP contribution in [0.4, 0.5) is 0 Å². The van der Waals surface area contributed by atoms with Crippen molar-refractivity contribution in [1.29, 1.82) is 0 Å². The molecule has 0 aliphatic heterocycles. The van der Waals surface area contributed by atoms with E-state index in [1.807, 2.05) is 68.4 Å². The van der Waals surface area contributed by atoms with Gasteiger partial charge < -0.3 is 10.3 Å². The predicted molar refractivity (Wildman–Crippen MR) is 106 cm³/mol. The molecule has 1 unspecified atom stereocenters. The van der Waals surface area contributed by atoms with E-state index in [9.17, 15) is 4.79 Å². The molecule has 4 rings (SSSR count). The number of nitrogens with one attached hydrogen (secondary N) is 2. The van der Waals surface area contributed by atoms with E-state index in [-0.39, 0.29) is 11.9 Å². The molecule has 2 aromatic carbocycles. The monoisotopic (exact) mass is 356 g/mol. The normalized spacial score (nSPS) is 12.1. The fourth-order valence-corrected chi connectivity index (χ4v) is 3.09. The number of nitrogens with zero attached hydrogens (tertiary/aromatic N) is 2. The molecule has 2 N–H and O–H groups in total. The molecule has 27 heavy (non-hydrogen) atoms. The number of fused-ring (bicyclic) bond motifs is 1. The summed E-state index contributed by atoms with van der Waals surface area (Å²) in [6.45, 7) is 3.95. The SMILES string of the molecule is Cc1ccc(-c2cc(C(=O)NC(C)c3ncc[nH]3)c3ccccc3n2)cc1. The molecule has 4 aromatic rings. The number of imidazole rings is 1. The maximum Gasteiger partial charge on any atom is 0.252 e. The molecule has 0 aliphatic rings. The lowest BCUT2D eigenvalue weighted by Crippen LogP contribution is -2.27. The highest BCUT2D eigenvalue weighted by molar-refractivity contribution is 6.07. The van der Waals surface area contributed by atoms with Gasteiger partial charge in [0.2, 0.25) is 0 Å². The summed E-state index contributed by atoms with van der Waals surface area (Å²) in [7, 11) is 0. The fourth-order valence-electron chi connectivity index (χ4n) is 3.09. The summed E-state index contributed by atoms with van der Waals surface area (Å²) in [4.78, 5) is 25.0. The molecule has 134 valence electrons. The number of carbonyl (C=O) groups is 1. The minimum absolute atomic E-state index is 0.147. The van der Waals surface area contributed by atoms with Crippen molar-refractivity contribution in [2.24, 2.45) is 0 Å². The molecule has 1 amide bonds. The molecule has 0 bridgehead atoms. The van der Waals surface area contributed by atoms with Crippen LogP contribution in [-0.2, 0) is 0 Å². The van der Waals surface area contributed by atoms with Crippen LogP contribution in [-0.4, -0.2) is 20.9 Å². The Balaban J connectivity index is 1.76. The number of aromatic nitrogens is 3. The summed E-state index contributed by atoms with van der Waals surface area (Å²) in [5.41, 5.74) is 4.36. The summed E-state index contributed by atoms with van der Waals surface area (Å²) in [5.74, 6) is 0.575. The van der Waals surface area contributed by atoms with Crippen molar-refractivity contribution in [3.05, 3.63) is 83.9 Å². The van der Waals surface area contributed by atoms with Crippen LogP contribution in [0.2, 0.25) is 0 Å². The van der Waals surface area contributed by atoms with Crippen LogP contribution in [0.25, 0.3) is 22.2 Å². The molecule has 2 aromatic heterocycles. The van der Waals surface area contributed by atoms with Crippen molar-refractivity contribution >= 4 is 16.8 Å². The third kappa shape index (κ3) is 3.44. The van der Waals surface area contributed by atoms with Gasteiger partial charge in [0.25, 0.3) is 5.91 Å². The second-order valence-corrected chi connectivity index (χ2v) is 6.61. The van der Waals surface area contributed by atoms with Gasteiger partial charge in [0.1, 0.15) is 5.82 Å². The predicted octanol–water partition coefficient (Wildman–Crippen LogP) is 4.42. The molecule has 0 aliphatic carbocycles. The first-order valence-corrected chi connectivity index (χ1v) is 8.89. The van der Waals surface area contributed by atoms with Gasteiger partial charge in [0.15, 0.2) is 0 Å². The van der Waals surface area contributed by atoms with Gasteiger partial charge in [0.05, 0.1) is 22.8 Å². The van der Waals surface area contributed by atoms with Crippen LogP contribution in [0.15, 0.2) is 67.0 Å². The van der Waals surface area contributed by atoms with Crippen LogP contribution in [0.3, 0.4) is 0 Å². The minimum atomic E-state index is -0.220. The highest BCUT2D eigenvalue weighted by Gasteiger charge is 2.17. The smallest absolute Gasteiger partial charge is 0.252 e. The van der Waals surface area contributed by atoms with E-state index in [2.05, 4.69) is 15.3 Å². The number of aromatic amines is 1. The Labute approximate surface area is 157 Å². The third-order valence-corrected chi connectivity index (χ3v) is 4.59. The maximum atomic E-state index is 13.0. The first-order valence-electron chi connectivity index (χ1n) is 8.89. The van der Waals surface area contributed by atoms with E-state index in [0.29, 0.717) is 5.56 Å². The zero-order valence-electron chi connectivity index (χ0n) is 15.2. The van der Waals surface area contributed by atoms with Gasteiger partial charge in [-0.3, -0.25) is 4.79 Å². The van der Waals surface area contributed by atoms with Crippen molar-refractivity contribution in [3.8, 4) is 11.3 Å². The largest absolute Gasteiger partial charge is 0.347 e. The summed E-state index contributed by atoms with van der Waals surface area (Å²) in [6, 6.07) is 17.5. The molecule has 0 fully saturated rings. The topological polar surface area (TPSA) is 70.7 Å². The Bertz CT molecular complexity index is 1090. The lowest BCUT2D eigenvalue weighted by Gasteiger charge is -2.14. The van der Waals surface area contributed by atoms with Gasteiger partial charge in [-0.05, 0) is 26.0 Å². The molecule has 0 saturated carbocycles. The number of rotatable bonds is 4. The van der Waals surface area contributed by atoms with Gasteiger partial charge in [-0.1, -0.05) is 48.0 Å². The summed E-state index contributed by atoms with van der Waals surface area (Å²) in [5, 5.41) is 3.85. The van der Waals surface area contributed by atoms with Gasteiger partial charge in [-0.15, -0.1) is 0 Å². The van der Waals surface area contributed by atoms with Crippen LogP contribution in [0.5, 0.6) is 0 Å². The van der Waals surface area contributed by atoms with E-state index in [4.69, 9.17) is 4.98 Å². The number of hydrogen-bond donors (Lipinski definition) is 2. The first kappa shape index (κ1) is 17.0. The van der Waals surface area contributed by atoms with E-state index in [1.54, 1.807) is 12.4 Å². The minimum Gasteiger partial charge on any atom is -0.347 e.